The first-order valence-electron chi connectivity index (χ1n) is 5.74. The van der Waals surface area contributed by atoms with Crippen molar-refractivity contribution in [1.29, 1.82) is 0 Å². The van der Waals surface area contributed by atoms with Crippen molar-refractivity contribution in [1.82, 2.24) is 4.98 Å². The van der Waals surface area contributed by atoms with Gasteiger partial charge in [-0.15, -0.1) is 0 Å². The molecule has 1 aromatic carbocycles. The van der Waals surface area contributed by atoms with Crippen LogP contribution in [0, 0.1) is 0 Å². The first-order chi connectivity index (χ1) is 8.38. The SMILES string of the molecule is CC.CNc1ccc(Oc2cccnc2)cc1. The predicted molar refractivity (Wildman–Crippen MR) is 71.6 cm³/mol. The van der Waals surface area contributed by atoms with Crippen LogP contribution in [0.25, 0.3) is 0 Å². The largest absolute Gasteiger partial charge is 0.456 e. The number of hydrogen-bond donors (Lipinski definition) is 1. The van der Waals surface area contributed by atoms with Gasteiger partial charge in [-0.25, -0.2) is 0 Å². The zero-order valence-corrected chi connectivity index (χ0v) is 10.5. The summed E-state index contributed by atoms with van der Waals surface area (Å²) < 4.78 is 5.59. The average Bonchev–Trinajstić information content (AvgIpc) is 2.43. The van der Waals surface area contributed by atoms with Crippen LogP contribution in [0.4, 0.5) is 5.69 Å². The molecule has 0 fully saturated rings. The lowest BCUT2D eigenvalue weighted by Gasteiger charge is -2.05. The molecular formula is C14H18N2O. The van der Waals surface area contributed by atoms with Gasteiger partial charge in [0.25, 0.3) is 0 Å². The van der Waals surface area contributed by atoms with E-state index in [2.05, 4.69) is 10.3 Å². The molecule has 0 radical (unpaired) electrons. The molecule has 0 aliphatic heterocycles. The van der Waals surface area contributed by atoms with Gasteiger partial charge in [0.1, 0.15) is 11.5 Å². The van der Waals surface area contributed by atoms with Gasteiger partial charge in [0.2, 0.25) is 0 Å². The Balaban J connectivity index is 0.000000686. The number of hydrogen-bond acceptors (Lipinski definition) is 3. The van der Waals surface area contributed by atoms with E-state index in [9.17, 15) is 0 Å². The van der Waals surface area contributed by atoms with Gasteiger partial charge in [0, 0.05) is 18.9 Å². The summed E-state index contributed by atoms with van der Waals surface area (Å²) >= 11 is 0. The molecule has 2 rings (SSSR count). The highest BCUT2D eigenvalue weighted by Gasteiger charge is 1.96. The van der Waals surface area contributed by atoms with Crippen LogP contribution < -0.4 is 10.1 Å². The monoisotopic (exact) mass is 230 g/mol. The summed E-state index contributed by atoms with van der Waals surface area (Å²) in [5, 5.41) is 3.05. The maximum absolute atomic E-state index is 5.59. The topological polar surface area (TPSA) is 34.1 Å². The minimum Gasteiger partial charge on any atom is -0.456 e. The number of ether oxygens (including phenoxy) is 1. The van der Waals surface area contributed by atoms with Crippen molar-refractivity contribution >= 4 is 5.69 Å². The van der Waals surface area contributed by atoms with Gasteiger partial charge in [-0.1, -0.05) is 13.8 Å². The van der Waals surface area contributed by atoms with E-state index in [0.29, 0.717) is 0 Å². The molecule has 0 aliphatic carbocycles. The van der Waals surface area contributed by atoms with E-state index < -0.39 is 0 Å². The Kier molecular flexibility index (Phi) is 5.58. The van der Waals surface area contributed by atoms with Crippen LogP contribution >= 0.6 is 0 Å². The molecule has 0 bridgehead atoms. The molecule has 0 amide bonds. The van der Waals surface area contributed by atoms with E-state index in [4.69, 9.17) is 4.74 Å². The van der Waals surface area contributed by atoms with Gasteiger partial charge in [0.05, 0.1) is 6.20 Å². The Morgan fingerprint density at radius 2 is 1.71 bits per heavy atom. The number of rotatable bonds is 3. The lowest BCUT2D eigenvalue weighted by Crippen LogP contribution is -1.88. The van der Waals surface area contributed by atoms with E-state index in [-0.39, 0.29) is 0 Å². The van der Waals surface area contributed by atoms with Crippen LogP contribution in [0.1, 0.15) is 13.8 Å². The van der Waals surface area contributed by atoms with E-state index in [1.54, 1.807) is 12.4 Å². The van der Waals surface area contributed by atoms with Crippen molar-refractivity contribution in [3.63, 3.8) is 0 Å². The Bertz CT molecular complexity index is 412. The quantitative estimate of drug-likeness (QED) is 0.867. The molecule has 3 nitrogen and oxygen atoms in total. The third-order valence-electron chi connectivity index (χ3n) is 2.01. The first-order valence-corrected chi connectivity index (χ1v) is 5.74. The molecule has 0 aliphatic rings. The second-order valence-electron chi connectivity index (χ2n) is 3.07. The van der Waals surface area contributed by atoms with Crippen molar-refractivity contribution in [2.45, 2.75) is 13.8 Å². The Morgan fingerprint density at radius 1 is 1.00 bits per heavy atom. The predicted octanol–water partition coefficient (Wildman–Crippen LogP) is 3.94. The Labute approximate surface area is 102 Å². The molecular weight excluding hydrogens is 212 g/mol. The van der Waals surface area contributed by atoms with Gasteiger partial charge >= 0.3 is 0 Å². The molecule has 0 atom stereocenters. The van der Waals surface area contributed by atoms with E-state index in [1.165, 1.54) is 0 Å². The molecule has 1 aromatic heterocycles. The zero-order valence-electron chi connectivity index (χ0n) is 10.5. The number of nitrogens with one attached hydrogen (secondary N) is 1. The summed E-state index contributed by atoms with van der Waals surface area (Å²) in [6.45, 7) is 4.00. The maximum Gasteiger partial charge on any atom is 0.145 e. The Hall–Kier alpha value is -2.03. The standard InChI is InChI=1S/C12H12N2O.C2H6/c1-13-10-4-6-11(7-5-10)15-12-3-2-8-14-9-12;1-2/h2-9,13H,1H3;1-2H3. The van der Waals surface area contributed by atoms with Crippen molar-refractivity contribution < 1.29 is 4.74 Å². The molecule has 0 spiro atoms. The zero-order chi connectivity index (χ0) is 12.5. The summed E-state index contributed by atoms with van der Waals surface area (Å²) in [5.41, 5.74) is 1.06. The maximum atomic E-state index is 5.59. The summed E-state index contributed by atoms with van der Waals surface area (Å²) in [7, 11) is 1.89. The second-order valence-corrected chi connectivity index (χ2v) is 3.07. The molecule has 0 unspecified atom stereocenters. The van der Waals surface area contributed by atoms with Crippen LogP contribution in [0.3, 0.4) is 0 Å². The lowest BCUT2D eigenvalue weighted by atomic mass is 10.3. The highest BCUT2D eigenvalue weighted by Crippen LogP contribution is 2.21. The van der Waals surface area contributed by atoms with Crippen molar-refractivity contribution in [3.05, 3.63) is 48.8 Å². The fourth-order valence-corrected chi connectivity index (χ4v) is 1.23. The summed E-state index contributed by atoms with van der Waals surface area (Å²) in [4.78, 5) is 3.98. The average molecular weight is 230 g/mol. The highest BCUT2D eigenvalue weighted by atomic mass is 16.5. The van der Waals surface area contributed by atoms with Gasteiger partial charge < -0.3 is 10.1 Å². The van der Waals surface area contributed by atoms with Crippen molar-refractivity contribution in [2.75, 3.05) is 12.4 Å². The normalized spacial score (nSPS) is 8.88. The van der Waals surface area contributed by atoms with Crippen LogP contribution in [-0.2, 0) is 0 Å². The fraction of sp³-hybridized carbons (Fsp3) is 0.214. The summed E-state index contributed by atoms with van der Waals surface area (Å²) in [6, 6.07) is 11.5. The van der Waals surface area contributed by atoms with Crippen LogP contribution in [0.5, 0.6) is 11.5 Å². The molecule has 1 heterocycles. The number of anilines is 1. The summed E-state index contributed by atoms with van der Waals surface area (Å²) in [5.74, 6) is 1.55. The molecule has 0 saturated heterocycles. The smallest absolute Gasteiger partial charge is 0.145 e. The lowest BCUT2D eigenvalue weighted by molar-refractivity contribution is 0.480. The van der Waals surface area contributed by atoms with Crippen LogP contribution in [-0.4, -0.2) is 12.0 Å². The van der Waals surface area contributed by atoms with E-state index >= 15 is 0 Å². The minimum atomic E-state index is 0.745. The van der Waals surface area contributed by atoms with Gasteiger partial charge in [-0.2, -0.15) is 0 Å². The van der Waals surface area contributed by atoms with Crippen molar-refractivity contribution in [3.8, 4) is 11.5 Å². The number of aromatic nitrogens is 1. The fourth-order valence-electron chi connectivity index (χ4n) is 1.23. The molecule has 1 N–H and O–H groups in total. The molecule has 2 aromatic rings. The highest BCUT2D eigenvalue weighted by molar-refractivity contribution is 5.46. The summed E-state index contributed by atoms with van der Waals surface area (Å²) in [6.07, 6.45) is 3.41. The first kappa shape index (κ1) is 13.0. The molecule has 90 valence electrons. The van der Waals surface area contributed by atoms with Crippen molar-refractivity contribution in [2.24, 2.45) is 0 Å². The number of pyridine rings is 1. The van der Waals surface area contributed by atoms with Gasteiger partial charge in [-0.3, -0.25) is 4.98 Å². The minimum absolute atomic E-state index is 0.745. The third kappa shape index (κ3) is 4.15. The second kappa shape index (κ2) is 7.28. The Morgan fingerprint density at radius 3 is 2.24 bits per heavy atom. The van der Waals surface area contributed by atoms with Crippen LogP contribution in [0.15, 0.2) is 48.8 Å². The van der Waals surface area contributed by atoms with E-state index in [0.717, 1.165) is 17.2 Å². The van der Waals surface area contributed by atoms with E-state index in [1.807, 2.05) is 57.3 Å². The number of nitrogens with zero attached hydrogens (tertiary/aromatic N) is 1. The third-order valence-corrected chi connectivity index (χ3v) is 2.01. The molecule has 0 saturated carbocycles. The van der Waals surface area contributed by atoms with Gasteiger partial charge in [-0.05, 0) is 36.4 Å². The van der Waals surface area contributed by atoms with Gasteiger partial charge in [0.15, 0.2) is 0 Å². The number of benzene rings is 1. The molecule has 3 heteroatoms. The molecule has 17 heavy (non-hydrogen) atoms. The van der Waals surface area contributed by atoms with Crippen LogP contribution in [0.2, 0.25) is 0 Å².